The molecule has 1 aromatic heterocycles. The van der Waals surface area contributed by atoms with Crippen LogP contribution in [0.25, 0.3) is 0 Å². The molecule has 0 spiro atoms. The van der Waals surface area contributed by atoms with Crippen LogP contribution in [0, 0.1) is 0 Å². The molecule has 0 saturated carbocycles. The van der Waals surface area contributed by atoms with Gasteiger partial charge in [0.05, 0.1) is 25.5 Å². The quantitative estimate of drug-likeness (QED) is 0.646. The van der Waals surface area contributed by atoms with Gasteiger partial charge in [-0.3, -0.25) is 9.67 Å². The van der Waals surface area contributed by atoms with E-state index in [0.29, 0.717) is 13.2 Å². The summed E-state index contributed by atoms with van der Waals surface area (Å²) in [5.74, 6) is 1.77. The van der Waals surface area contributed by atoms with Crippen molar-refractivity contribution in [2.75, 3.05) is 26.7 Å². The predicted octanol–water partition coefficient (Wildman–Crippen LogP) is 2.36. The van der Waals surface area contributed by atoms with Gasteiger partial charge in [0.1, 0.15) is 11.9 Å². The average Bonchev–Trinajstić information content (AvgIpc) is 3.09. The fraction of sp³-hybridized carbons (Fsp3) is 0.500. The maximum absolute atomic E-state index is 5.92. The van der Waals surface area contributed by atoms with Crippen molar-refractivity contribution in [1.82, 2.24) is 20.0 Å². The maximum atomic E-state index is 5.92. The number of morpholine rings is 1. The summed E-state index contributed by atoms with van der Waals surface area (Å²) in [6, 6.07) is 8.16. The van der Waals surface area contributed by atoms with Crippen molar-refractivity contribution in [2.45, 2.75) is 32.6 Å². The Kier molecular flexibility index (Phi) is 6.34. The lowest BCUT2D eigenvalue weighted by molar-refractivity contribution is -0.00805. The number of rotatable bonds is 5. The molecule has 7 nitrogen and oxygen atoms in total. The van der Waals surface area contributed by atoms with Crippen molar-refractivity contribution >= 4 is 5.96 Å². The molecule has 0 radical (unpaired) electrons. The number of aliphatic imine (C=N–C) groups is 1. The standard InChI is InChI=1S/C20H29N5O2/c1-15(2)27-18-7-5-6-16(10-18)11-22-20(21-3)25-8-9-26-19(14-25)17-12-23-24(4)13-17/h5-7,10,12-13,15,19H,8-9,11,14H2,1-4H3,(H,21,22). The van der Waals surface area contributed by atoms with Gasteiger partial charge in [-0.2, -0.15) is 5.10 Å². The number of aryl methyl sites for hydroxylation is 1. The van der Waals surface area contributed by atoms with Gasteiger partial charge in [-0.05, 0) is 31.5 Å². The second-order valence-corrected chi connectivity index (χ2v) is 6.97. The highest BCUT2D eigenvalue weighted by Crippen LogP contribution is 2.21. The minimum atomic E-state index is 0.00812. The number of nitrogens with one attached hydrogen (secondary N) is 1. The number of hydrogen-bond donors (Lipinski definition) is 1. The van der Waals surface area contributed by atoms with Crippen LogP contribution in [0.1, 0.15) is 31.1 Å². The molecule has 7 heteroatoms. The third-order valence-electron chi connectivity index (χ3n) is 4.40. The van der Waals surface area contributed by atoms with Gasteiger partial charge in [-0.15, -0.1) is 0 Å². The highest BCUT2D eigenvalue weighted by molar-refractivity contribution is 5.80. The van der Waals surface area contributed by atoms with E-state index in [1.54, 1.807) is 4.68 Å². The van der Waals surface area contributed by atoms with Gasteiger partial charge in [0.25, 0.3) is 0 Å². The number of benzene rings is 1. The fourth-order valence-electron chi connectivity index (χ4n) is 3.16. The minimum absolute atomic E-state index is 0.00812. The zero-order valence-electron chi connectivity index (χ0n) is 16.6. The van der Waals surface area contributed by atoms with Crippen LogP contribution in [0.5, 0.6) is 5.75 Å². The molecule has 1 fully saturated rings. The largest absolute Gasteiger partial charge is 0.491 e. The highest BCUT2D eigenvalue weighted by atomic mass is 16.5. The molecule has 2 heterocycles. The maximum Gasteiger partial charge on any atom is 0.194 e. The van der Waals surface area contributed by atoms with E-state index in [9.17, 15) is 0 Å². The summed E-state index contributed by atoms with van der Waals surface area (Å²) < 4.78 is 13.5. The lowest BCUT2D eigenvalue weighted by Gasteiger charge is -2.34. The van der Waals surface area contributed by atoms with Gasteiger partial charge in [-0.25, -0.2) is 0 Å². The monoisotopic (exact) mass is 371 g/mol. The topological polar surface area (TPSA) is 63.9 Å². The summed E-state index contributed by atoms with van der Waals surface area (Å²) in [5.41, 5.74) is 2.25. The van der Waals surface area contributed by atoms with Crippen LogP contribution in [0.3, 0.4) is 0 Å². The number of aromatic nitrogens is 2. The molecule has 1 aliphatic rings. The molecule has 2 aromatic rings. The second-order valence-electron chi connectivity index (χ2n) is 6.97. The van der Waals surface area contributed by atoms with Gasteiger partial charge in [-0.1, -0.05) is 12.1 Å². The first kappa shape index (κ1) is 19.2. The van der Waals surface area contributed by atoms with E-state index >= 15 is 0 Å². The van der Waals surface area contributed by atoms with Gasteiger partial charge in [0.15, 0.2) is 5.96 Å². The lowest BCUT2D eigenvalue weighted by Crippen LogP contribution is -2.47. The Balaban J connectivity index is 1.60. The van der Waals surface area contributed by atoms with Crippen LogP contribution in [-0.2, 0) is 18.3 Å². The first-order valence-corrected chi connectivity index (χ1v) is 9.36. The average molecular weight is 371 g/mol. The normalized spacial score (nSPS) is 18.0. The van der Waals surface area contributed by atoms with Gasteiger partial charge in [0, 0.05) is 38.9 Å². The molecule has 0 amide bonds. The molecule has 1 aliphatic heterocycles. The summed E-state index contributed by atoms with van der Waals surface area (Å²) in [6.45, 7) is 6.98. The van der Waals surface area contributed by atoms with E-state index in [4.69, 9.17) is 9.47 Å². The van der Waals surface area contributed by atoms with Crippen molar-refractivity contribution in [1.29, 1.82) is 0 Å². The molecular weight excluding hydrogens is 342 g/mol. The van der Waals surface area contributed by atoms with Gasteiger partial charge in [0.2, 0.25) is 0 Å². The molecule has 27 heavy (non-hydrogen) atoms. The third-order valence-corrected chi connectivity index (χ3v) is 4.40. The molecular formula is C20H29N5O2. The van der Waals surface area contributed by atoms with E-state index in [2.05, 4.69) is 32.4 Å². The first-order valence-electron chi connectivity index (χ1n) is 9.36. The summed E-state index contributed by atoms with van der Waals surface area (Å²) in [4.78, 5) is 6.69. The zero-order valence-corrected chi connectivity index (χ0v) is 16.6. The predicted molar refractivity (Wildman–Crippen MR) is 106 cm³/mol. The lowest BCUT2D eigenvalue weighted by atomic mass is 10.1. The minimum Gasteiger partial charge on any atom is -0.491 e. The van der Waals surface area contributed by atoms with Crippen molar-refractivity contribution in [3.05, 3.63) is 47.8 Å². The van der Waals surface area contributed by atoms with Gasteiger partial charge < -0.3 is 19.7 Å². The summed E-state index contributed by atoms with van der Waals surface area (Å²) >= 11 is 0. The molecule has 0 bridgehead atoms. The van der Waals surface area contributed by atoms with Crippen LogP contribution in [0.15, 0.2) is 41.7 Å². The molecule has 0 aliphatic carbocycles. The van der Waals surface area contributed by atoms with Crippen molar-refractivity contribution in [3.8, 4) is 5.75 Å². The van der Waals surface area contributed by atoms with E-state index in [0.717, 1.165) is 35.9 Å². The number of ether oxygens (including phenoxy) is 2. The zero-order chi connectivity index (χ0) is 19.2. The van der Waals surface area contributed by atoms with Crippen LogP contribution >= 0.6 is 0 Å². The van der Waals surface area contributed by atoms with Crippen molar-refractivity contribution in [3.63, 3.8) is 0 Å². The van der Waals surface area contributed by atoms with E-state index in [-0.39, 0.29) is 12.2 Å². The summed E-state index contributed by atoms with van der Waals surface area (Å²) in [5, 5.41) is 7.70. The Labute approximate surface area is 161 Å². The Morgan fingerprint density at radius 1 is 1.44 bits per heavy atom. The Morgan fingerprint density at radius 2 is 2.30 bits per heavy atom. The van der Waals surface area contributed by atoms with E-state index in [1.165, 1.54) is 0 Å². The molecule has 1 saturated heterocycles. The second kappa shape index (κ2) is 8.90. The third kappa shape index (κ3) is 5.23. The van der Waals surface area contributed by atoms with Crippen LogP contribution in [0.4, 0.5) is 0 Å². The highest BCUT2D eigenvalue weighted by Gasteiger charge is 2.25. The van der Waals surface area contributed by atoms with Crippen LogP contribution < -0.4 is 10.1 Å². The number of hydrogen-bond acceptors (Lipinski definition) is 4. The van der Waals surface area contributed by atoms with E-state index in [1.807, 2.05) is 52.5 Å². The fourth-order valence-corrected chi connectivity index (χ4v) is 3.16. The number of guanidine groups is 1. The van der Waals surface area contributed by atoms with Crippen LogP contribution in [0.2, 0.25) is 0 Å². The van der Waals surface area contributed by atoms with Crippen molar-refractivity contribution < 1.29 is 9.47 Å². The van der Waals surface area contributed by atoms with Crippen LogP contribution in [-0.4, -0.2) is 53.5 Å². The first-order chi connectivity index (χ1) is 13.0. The SMILES string of the molecule is CN=C(NCc1cccc(OC(C)C)c1)N1CCOC(c2cnn(C)c2)C1. The van der Waals surface area contributed by atoms with Gasteiger partial charge >= 0.3 is 0 Å². The summed E-state index contributed by atoms with van der Waals surface area (Å²) in [7, 11) is 3.73. The van der Waals surface area contributed by atoms with Crippen molar-refractivity contribution in [2.24, 2.45) is 12.0 Å². The van der Waals surface area contributed by atoms with E-state index < -0.39 is 0 Å². The Hall–Kier alpha value is -2.54. The molecule has 146 valence electrons. The Morgan fingerprint density at radius 3 is 3.00 bits per heavy atom. The molecule has 3 rings (SSSR count). The number of nitrogens with zero attached hydrogens (tertiary/aromatic N) is 4. The molecule has 1 atom stereocenters. The molecule has 1 unspecified atom stereocenters. The molecule has 1 aromatic carbocycles. The molecule has 1 N–H and O–H groups in total. The smallest absolute Gasteiger partial charge is 0.194 e. The Bertz CT molecular complexity index is 771. The summed E-state index contributed by atoms with van der Waals surface area (Å²) in [6.07, 6.45) is 4.04.